The van der Waals surface area contributed by atoms with Crippen LogP contribution in [0.15, 0.2) is 72.9 Å². The highest BCUT2D eigenvalue weighted by Gasteiger charge is 2.11. The fourth-order valence-electron chi connectivity index (χ4n) is 3.69. The molecule has 0 radical (unpaired) electrons. The van der Waals surface area contributed by atoms with Crippen molar-refractivity contribution < 1.29 is 0 Å². The predicted octanol–water partition coefficient (Wildman–Crippen LogP) is 6.03. The molecule has 0 saturated heterocycles. The Hall–Kier alpha value is -3.13. The summed E-state index contributed by atoms with van der Waals surface area (Å²) in [7, 11) is 0. The monoisotopic (exact) mass is 308 g/mol. The van der Waals surface area contributed by atoms with E-state index in [1.54, 1.807) is 6.20 Å². The zero-order valence-corrected chi connectivity index (χ0v) is 13.4. The largest absolute Gasteiger partial charge is 0.340 e. The maximum Gasteiger partial charge on any atom is 0.130 e. The molecule has 2 heteroatoms. The number of nitrogens with one attached hydrogen (secondary N) is 1. The highest BCUT2D eigenvalue weighted by molar-refractivity contribution is 6.24. The summed E-state index contributed by atoms with van der Waals surface area (Å²) in [6, 6.07) is 23.6. The van der Waals surface area contributed by atoms with Gasteiger partial charge in [0, 0.05) is 11.9 Å². The van der Waals surface area contributed by atoms with Crippen molar-refractivity contribution in [2.45, 2.75) is 6.92 Å². The van der Waals surface area contributed by atoms with Crippen LogP contribution in [0.3, 0.4) is 0 Å². The van der Waals surface area contributed by atoms with Gasteiger partial charge in [0.15, 0.2) is 0 Å². The summed E-state index contributed by atoms with van der Waals surface area (Å²) in [5.74, 6) is 0.863. The van der Waals surface area contributed by atoms with Crippen molar-refractivity contribution in [2.24, 2.45) is 0 Å². The number of nitrogens with zero attached hydrogens (tertiary/aromatic N) is 1. The summed E-state index contributed by atoms with van der Waals surface area (Å²) in [5.41, 5.74) is 2.38. The van der Waals surface area contributed by atoms with Gasteiger partial charge in [-0.3, -0.25) is 0 Å². The van der Waals surface area contributed by atoms with Gasteiger partial charge in [0.1, 0.15) is 5.82 Å². The number of aromatic nitrogens is 1. The number of benzene rings is 4. The van der Waals surface area contributed by atoms with Crippen molar-refractivity contribution in [2.75, 3.05) is 5.32 Å². The van der Waals surface area contributed by atoms with Gasteiger partial charge in [-0.25, -0.2) is 4.98 Å². The molecule has 114 valence electrons. The van der Waals surface area contributed by atoms with Crippen molar-refractivity contribution in [1.29, 1.82) is 0 Å². The second-order valence-electron chi connectivity index (χ2n) is 6.30. The Morgan fingerprint density at radius 1 is 0.750 bits per heavy atom. The maximum absolute atomic E-state index is 4.36. The number of aryl methyl sites for hydroxylation is 1. The molecule has 0 aliphatic carbocycles. The fourth-order valence-corrected chi connectivity index (χ4v) is 3.69. The van der Waals surface area contributed by atoms with Gasteiger partial charge >= 0.3 is 0 Å². The fraction of sp³-hybridized carbons (Fsp3) is 0.0455. The summed E-state index contributed by atoms with van der Waals surface area (Å²) in [6.07, 6.45) is 1.80. The highest BCUT2D eigenvalue weighted by Crippen LogP contribution is 2.38. The minimum atomic E-state index is 0.863. The van der Waals surface area contributed by atoms with Crippen molar-refractivity contribution in [3.05, 3.63) is 78.5 Å². The van der Waals surface area contributed by atoms with Crippen LogP contribution in [0.1, 0.15) is 5.56 Å². The number of hydrogen-bond donors (Lipinski definition) is 1. The van der Waals surface area contributed by atoms with Crippen LogP contribution < -0.4 is 5.32 Å². The van der Waals surface area contributed by atoms with Crippen LogP contribution >= 0.6 is 0 Å². The van der Waals surface area contributed by atoms with E-state index in [-0.39, 0.29) is 0 Å². The average Bonchev–Trinajstić information content (AvgIpc) is 2.61. The number of anilines is 2. The molecule has 1 heterocycles. The highest BCUT2D eigenvalue weighted by atomic mass is 15.0. The zero-order valence-electron chi connectivity index (χ0n) is 13.4. The molecule has 0 spiro atoms. The molecule has 0 aliphatic rings. The molecule has 1 N–H and O–H groups in total. The van der Waals surface area contributed by atoms with Gasteiger partial charge in [-0.15, -0.1) is 0 Å². The second kappa shape index (κ2) is 4.93. The number of pyridine rings is 1. The lowest BCUT2D eigenvalue weighted by Gasteiger charge is -2.15. The van der Waals surface area contributed by atoms with Gasteiger partial charge in [0.2, 0.25) is 0 Å². The zero-order chi connectivity index (χ0) is 16.1. The Morgan fingerprint density at radius 3 is 2.50 bits per heavy atom. The smallest absolute Gasteiger partial charge is 0.130 e. The van der Waals surface area contributed by atoms with Crippen LogP contribution in [0.4, 0.5) is 11.5 Å². The van der Waals surface area contributed by atoms with Crippen LogP contribution in [0.5, 0.6) is 0 Å². The maximum atomic E-state index is 4.36. The predicted molar refractivity (Wildman–Crippen MR) is 102 cm³/mol. The molecule has 0 unspecified atom stereocenters. The van der Waals surface area contributed by atoms with Crippen molar-refractivity contribution in [3.8, 4) is 0 Å². The average molecular weight is 308 g/mol. The lowest BCUT2D eigenvalue weighted by Crippen LogP contribution is -1.94. The summed E-state index contributed by atoms with van der Waals surface area (Å²) < 4.78 is 0. The third kappa shape index (κ3) is 1.93. The molecule has 0 saturated carbocycles. The molecule has 2 nitrogen and oxygen atoms in total. The van der Waals surface area contributed by atoms with Crippen molar-refractivity contribution in [3.63, 3.8) is 0 Å². The first-order valence-electron chi connectivity index (χ1n) is 8.16. The van der Waals surface area contributed by atoms with E-state index in [0.29, 0.717) is 0 Å². The molecule has 0 aliphatic heterocycles. The van der Waals surface area contributed by atoms with Crippen LogP contribution in [0, 0.1) is 6.92 Å². The third-order valence-corrected chi connectivity index (χ3v) is 4.72. The molecule has 5 rings (SSSR count). The Kier molecular flexibility index (Phi) is 2.74. The molecule has 5 aromatic rings. The molecule has 0 bridgehead atoms. The molecule has 1 aromatic heterocycles. The Morgan fingerprint density at radius 2 is 1.62 bits per heavy atom. The molecule has 24 heavy (non-hydrogen) atoms. The Labute approximate surface area is 140 Å². The summed E-state index contributed by atoms with van der Waals surface area (Å²) in [5, 5.41) is 11.3. The van der Waals surface area contributed by atoms with Gasteiger partial charge < -0.3 is 5.32 Å². The van der Waals surface area contributed by atoms with Gasteiger partial charge in [-0.2, -0.15) is 0 Å². The molecule has 0 fully saturated rings. The summed E-state index contributed by atoms with van der Waals surface area (Å²) >= 11 is 0. The molecular formula is C22H16N2. The van der Waals surface area contributed by atoms with E-state index in [1.165, 1.54) is 37.9 Å². The quantitative estimate of drug-likeness (QED) is 0.403. The standard InChI is InChI=1S/C22H16N2/c1-14-11-17-13-18(24-20-7-2-3-10-23-20)12-16-9-8-15-5-4-6-19(14)22(15)21(16)17/h2-13H,1H3,(H,23,24). The minimum Gasteiger partial charge on any atom is -0.340 e. The number of hydrogen-bond acceptors (Lipinski definition) is 2. The van der Waals surface area contributed by atoms with Crippen LogP contribution in [0.25, 0.3) is 32.3 Å². The number of rotatable bonds is 2. The topological polar surface area (TPSA) is 24.9 Å². The van der Waals surface area contributed by atoms with Crippen LogP contribution in [-0.2, 0) is 0 Å². The van der Waals surface area contributed by atoms with Crippen molar-refractivity contribution in [1.82, 2.24) is 4.98 Å². The van der Waals surface area contributed by atoms with E-state index in [4.69, 9.17) is 0 Å². The van der Waals surface area contributed by atoms with Gasteiger partial charge in [-0.1, -0.05) is 42.5 Å². The molecule has 0 atom stereocenters. The minimum absolute atomic E-state index is 0.863. The SMILES string of the molecule is Cc1cc2cc(Nc3ccccn3)cc3ccc4cccc1c4c32. The van der Waals surface area contributed by atoms with Crippen molar-refractivity contribution >= 4 is 43.8 Å². The van der Waals surface area contributed by atoms with Gasteiger partial charge in [0.25, 0.3) is 0 Å². The van der Waals surface area contributed by atoms with E-state index < -0.39 is 0 Å². The summed E-state index contributed by atoms with van der Waals surface area (Å²) in [4.78, 5) is 4.36. The van der Waals surface area contributed by atoms with E-state index in [1.807, 2.05) is 18.2 Å². The lowest BCUT2D eigenvalue weighted by atomic mass is 9.91. The molecule has 0 amide bonds. The lowest BCUT2D eigenvalue weighted by molar-refractivity contribution is 1.31. The van der Waals surface area contributed by atoms with E-state index in [2.05, 4.69) is 65.8 Å². The second-order valence-corrected chi connectivity index (χ2v) is 6.30. The van der Waals surface area contributed by atoms with Gasteiger partial charge in [0.05, 0.1) is 0 Å². The normalized spacial score (nSPS) is 11.5. The van der Waals surface area contributed by atoms with E-state index in [0.717, 1.165) is 11.5 Å². The molecule has 4 aromatic carbocycles. The Balaban J connectivity index is 1.81. The van der Waals surface area contributed by atoms with Gasteiger partial charge in [-0.05, 0) is 69.1 Å². The summed E-state index contributed by atoms with van der Waals surface area (Å²) in [6.45, 7) is 2.19. The van der Waals surface area contributed by atoms with Crippen LogP contribution in [-0.4, -0.2) is 4.98 Å². The first kappa shape index (κ1) is 13.3. The first-order valence-corrected chi connectivity index (χ1v) is 8.16. The van der Waals surface area contributed by atoms with E-state index >= 15 is 0 Å². The third-order valence-electron chi connectivity index (χ3n) is 4.72. The van der Waals surface area contributed by atoms with Crippen LogP contribution in [0.2, 0.25) is 0 Å². The first-order chi connectivity index (χ1) is 11.8. The molecular weight excluding hydrogens is 292 g/mol. The van der Waals surface area contributed by atoms with E-state index in [9.17, 15) is 0 Å². The Bertz CT molecular complexity index is 1180.